The third-order valence-electron chi connectivity index (χ3n) is 13.4. The van der Waals surface area contributed by atoms with Crippen LogP contribution in [0.1, 0.15) is 329 Å². The van der Waals surface area contributed by atoms with Crippen LogP contribution in [0.15, 0.2) is 24.3 Å². The lowest BCUT2D eigenvalue weighted by Gasteiger charge is -2.18. The van der Waals surface area contributed by atoms with Crippen molar-refractivity contribution < 1.29 is 28.6 Å². The van der Waals surface area contributed by atoms with E-state index in [9.17, 15) is 14.4 Å². The Morgan fingerprint density at radius 2 is 0.522 bits per heavy atom. The van der Waals surface area contributed by atoms with Crippen LogP contribution in [-0.2, 0) is 28.6 Å². The molecule has 0 aromatic rings. The quantitative estimate of drug-likeness (QED) is 0.0262. The Morgan fingerprint density at radius 3 is 0.806 bits per heavy atom. The van der Waals surface area contributed by atoms with Crippen LogP contribution in [0.2, 0.25) is 0 Å². The summed E-state index contributed by atoms with van der Waals surface area (Å²) < 4.78 is 16.8. The summed E-state index contributed by atoms with van der Waals surface area (Å²) in [7, 11) is 0. The normalized spacial score (nSPS) is 12.1. The highest BCUT2D eigenvalue weighted by Crippen LogP contribution is 2.17. The maximum absolute atomic E-state index is 12.8. The van der Waals surface area contributed by atoms with Crippen LogP contribution in [-0.4, -0.2) is 37.2 Å². The number of carbonyl (C=O) groups is 3. The number of ether oxygens (including phenoxy) is 3. The fourth-order valence-electron chi connectivity index (χ4n) is 8.91. The summed E-state index contributed by atoms with van der Waals surface area (Å²) in [5.41, 5.74) is 0. The minimum absolute atomic E-state index is 0.0691. The Balaban J connectivity index is 4.09. The van der Waals surface area contributed by atoms with Crippen LogP contribution < -0.4 is 0 Å². The average molecular weight is 944 g/mol. The number of carbonyl (C=O) groups excluding carboxylic acids is 3. The van der Waals surface area contributed by atoms with Crippen molar-refractivity contribution in [2.45, 2.75) is 335 Å². The van der Waals surface area contributed by atoms with Gasteiger partial charge in [0.2, 0.25) is 0 Å². The Labute approximate surface area is 417 Å². The van der Waals surface area contributed by atoms with E-state index in [1.807, 2.05) is 0 Å². The van der Waals surface area contributed by atoms with Crippen molar-refractivity contribution in [1.82, 2.24) is 0 Å². The molecule has 0 aliphatic carbocycles. The second-order valence-electron chi connectivity index (χ2n) is 20.3. The summed E-state index contributed by atoms with van der Waals surface area (Å²) in [6.07, 6.45) is 66.3. The molecule has 0 aliphatic rings. The van der Waals surface area contributed by atoms with E-state index < -0.39 is 6.10 Å². The van der Waals surface area contributed by atoms with Crippen molar-refractivity contribution in [3.8, 4) is 0 Å². The molecule has 0 radical (unpaired) electrons. The smallest absolute Gasteiger partial charge is 0.306 e. The van der Waals surface area contributed by atoms with Gasteiger partial charge in [-0.15, -0.1) is 0 Å². The summed E-state index contributed by atoms with van der Waals surface area (Å²) in [5, 5.41) is 0. The molecule has 6 heteroatoms. The van der Waals surface area contributed by atoms with E-state index in [2.05, 4.69) is 45.1 Å². The highest BCUT2D eigenvalue weighted by molar-refractivity contribution is 5.71. The van der Waals surface area contributed by atoms with Crippen molar-refractivity contribution in [3.05, 3.63) is 24.3 Å². The molecule has 0 amide bonds. The van der Waals surface area contributed by atoms with Crippen molar-refractivity contribution in [2.75, 3.05) is 13.2 Å². The molecule has 394 valence electrons. The number of rotatable bonds is 55. The van der Waals surface area contributed by atoms with Crippen LogP contribution in [0.3, 0.4) is 0 Å². The van der Waals surface area contributed by atoms with Crippen LogP contribution in [0, 0.1) is 0 Å². The van der Waals surface area contributed by atoms with E-state index in [1.54, 1.807) is 0 Å². The predicted molar refractivity (Wildman–Crippen MR) is 289 cm³/mol. The summed E-state index contributed by atoms with van der Waals surface area (Å²) in [4.78, 5) is 38.0. The minimum atomic E-state index is -0.768. The third-order valence-corrected chi connectivity index (χ3v) is 13.4. The van der Waals surface area contributed by atoms with E-state index in [4.69, 9.17) is 14.2 Å². The first-order valence-electron chi connectivity index (χ1n) is 29.8. The summed E-state index contributed by atoms with van der Waals surface area (Å²) in [6, 6.07) is 0. The highest BCUT2D eigenvalue weighted by Gasteiger charge is 2.19. The Bertz CT molecular complexity index is 1080. The molecule has 0 aromatic carbocycles. The molecule has 1 atom stereocenters. The zero-order valence-electron chi connectivity index (χ0n) is 45.2. The fourth-order valence-corrected chi connectivity index (χ4v) is 8.91. The number of hydrogen-bond acceptors (Lipinski definition) is 6. The van der Waals surface area contributed by atoms with Gasteiger partial charge in [0.15, 0.2) is 6.10 Å². The van der Waals surface area contributed by atoms with Gasteiger partial charge in [-0.2, -0.15) is 0 Å². The van der Waals surface area contributed by atoms with Gasteiger partial charge < -0.3 is 14.2 Å². The minimum Gasteiger partial charge on any atom is -0.462 e. The summed E-state index contributed by atoms with van der Waals surface area (Å²) >= 11 is 0. The lowest BCUT2D eigenvalue weighted by molar-refractivity contribution is -0.167. The molecule has 0 N–H and O–H groups in total. The average Bonchev–Trinajstić information content (AvgIpc) is 3.33. The summed E-state index contributed by atoms with van der Waals surface area (Å²) in [5.74, 6) is -0.863. The third kappa shape index (κ3) is 54.7. The molecule has 0 aliphatic heterocycles. The Morgan fingerprint density at radius 1 is 0.284 bits per heavy atom. The van der Waals surface area contributed by atoms with Crippen LogP contribution in [0.25, 0.3) is 0 Å². The predicted octanol–water partition coefficient (Wildman–Crippen LogP) is 19.9. The van der Waals surface area contributed by atoms with E-state index in [0.29, 0.717) is 19.3 Å². The van der Waals surface area contributed by atoms with Crippen LogP contribution in [0.4, 0.5) is 0 Å². The number of allylic oxidation sites excluding steroid dienone is 4. The van der Waals surface area contributed by atoms with Gasteiger partial charge in [-0.25, -0.2) is 0 Å². The Hall–Kier alpha value is -2.11. The lowest BCUT2D eigenvalue weighted by Crippen LogP contribution is -2.30. The fraction of sp³-hybridized carbons (Fsp3) is 0.885. The molecule has 0 bridgehead atoms. The van der Waals surface area contributed by atoms with Gasteiger partial charge in [0.25, 0.3) is 0 Å². The Kier molecular flexibility index (Phi) is 54.7. The molecule has 0 saturated carbocycles. The first kappa shape index (κ1) is 64.9. The molecule has 0 heterocycles. The standard InChI is InChI=1S/C61H114O6/c1-4-7-10-13-16-19-22-24-25-26-27-28-29-30-31-32-33-34-35-36-37-38-40-42-45-48-51-54-60(63)66-57-58(56-65-59(62)53-50-47-44-41-21-18-15-12-9-6-3)67-61(64)55-52-49-46-43-39-23-20-17-14-11-8-5-2/h12,15,26-27,58H,4-11,13-14,16-25,28-57H2,1-3H3/b15-12-,27-26-. The van der Waals surface area contributed by atoms with Crippen molar-refractivity contribution in [3.63, 3.8) is 0 Å². The molecule has 0 rings (SSSR count). The highest BCUT2D eigenvalue weighted by atomic mass is 16.6. The summed E-state index contributed by atoms with van der Waals surface area (Å²) in [6.45, 7) is 6.61. The van der Waals surface area contributed by atoms with E-state index in [1.165, 1.54) is 218 Å². The first-order chi connectivity index (χ1) is 33.0. The maximum atomic E-state index is 12.8. The number of esters is 3. The van der Waals surface area contributed by atoms with Crippen LogP contribution >= 0.6 is 0 Å². The van der Waals surface area contributed by atoms with Gasteiger partial charge in [0, 0.05) is 19.3 Å². The molecule has 1 unspecified atom stereocenters. The topological polar surface area (TPSA) is 78.9 Å². The maximum Gasteiger partial charge on any atom is 0.306 e. The molecular formula is C61H114O6. The number of hydrogen-bond donors (Lipinski definition) is 0. The van der Waals surface area contributed by atoms with E-state index in [0.717, 1.165) is 70.6 Å². The van der Waals surface area contributed by atoms with E-state index >= 15 is 0 Å². The number of unbranched alkanes of at least 4 members (excludes halogenated alkanes) is 40. The monoisotopic (exact) mass is 943 g/mol. The lowest BCUT2D eigenvalue weighted by atomic mass is 10.0. The van der Waals surface area contributed by atoms with Gasteiger partial charge in [-0.1, -0.05) is 270 Å². The van der Waals surface area contributed by atoms with Gasteiger partial charge >= 0.3 is 17.9 Å². The molecule has 6 nitrogen and oxygen atoms in total. The van der Waals surface area contributed by atoms with Crippen molar-refractivity contribution >= 4 is 17.9 Å². The molecule has 67 heavy (non-hydrogen) atoms. The van der Waals surface area contributed by atoms with Crippen molar-refractivity contribution in [2.24, 2.45) is 0 Å². The second-order valence-corrected chi connectivity index (χ2v) is 20.3. The van der Waals surface area contributed by atoms with Gasteiger partial charge in [-0.3, -0.25) is 14.4 Å². The van der Waals surface area contributed by atoms with E-state index in [-0.39, 0.29) is 31.1 Å². The largest absolute Gasteiger partial charge is 0.462 e. The zero-order valence-corrected chi connectivity index (χ0v) is 45.2. The molecular weight excluding hydrogens is 829 g/mol. The van der Waals surface area contributed by atoms with Gasteiger partial charge in [0.05, 0.1) is 0 Å². The molecule has 0 aromatic heterocycles. The SMILES string of the molecule is CCC/C=C\CCCCCCCC(=O)OCC(COC(=O)CCCCCCCCCCCCCCCCC/C=C\CCCCCCCCCC)OC(=O)CCCCCCCCCCCCCC. The molecule has 0 fully saturated rings. The second kappa shape index (κ2) is 56.5. The van der Waals surface area contributed by atoms with Crippen molar-refractivity contribution in [1.29, 1.82) is 0 Å². The molecule has 0 saturated heterocycles. The first-order valence-corrected chi connectivity index (χ1v) is 29.8. The zero-order chi connectivity index (χ0) is 48.6. The van der Waals surface area contributed by atoms with Gasteiger partial charge in [-0.05, 0) is 64.2 Å². The molecule has 0 spiro atoms. The van der Waals surface area contributed by atoms with Gasteiger partial charge in [0.1, 0.15) is 13.2 Å². The van der Waals surface area contributed by atoms with Crippen LogP contribution in [0.5, 0.6) is 0 Å².